The lowest BCUT2D eigenvalue weighted by Gasteiger charge is -2.48. The van der Waals surface area contributed by atoms with Crippen LogP contribution in [0.3, 0.4) is 0 Å². The minimum Gasteiger partial charge on any atom is -0.432 e. The van der Waals surface area contributed by atoms with E-state index in [0.29, 0.717) is 0 Å². The molecule has 0 bridgehead atoms. The van der Waals surface area contributed by atoms with Gasteiger partial charge in [0.2, 0.25) is 0 Å². The molecule has 222 valence electrons. The molecule has 0 N–H and O–H groups in total. The molecule has 1 saturated heterocycles. The van der Waals surface area contributed by atoms with E-state index in [-0.39, 0.29) is 24.6 Å². The van der Waals surface area contributed by atoms with Gasteiger partial charge in [0.25, 0.3) is 0 Å². The fourth-order valence-corrected chi connectivity index (χ4v) is 9.01. The number of nitrogens with zero attached hydrogens (tertiary/aromatic N) is 2. The van der Waals surface area contributed by atoms with Crippen molar-refractivity contribution in [3.63, 3.8) is 0 Å². The molecule has 2 nitrogen and oxygen atoms in total. The lowest BCUT2D eigenvalue weighted by Crippen LogP contribution is -2.68. The first-order chi connectivity index (χ1) is 23.0. The summed E-state index contributed by atoms with van der Waals surface area (Å²) in [5.41, 5.74) is 14.3. The van der Waals surface area contributed by atoms with Gasteiger partial charge in [-0.05, 0) is 79.6 Å². The number of hydrogen-bond donors (Lipinski definition) is 0. The van der Waals surface area contributed by atoms with Gasteiger partial charge in [-0.15, -0.1) is 0 Å². The fraction of sp³-hybridized carbons (Fsp3) is 0.0732. The van der Waals surface area contributed by atoms with Gasteiger partial charge >= 0.3 is 19.2 Å². The summed E-state index contributed by atoms with van der Waals surface area (Å²) in [6, 6.07) is 46.7. The lowest BCUT2D eigenvalue weighted by molar-refractivity contribution is 0.660. The second-order valence-electron chi connectivity index (χ2n) is 13.4. The van der Waals surface area contributed by atoms with E-state index in [1.165, 1.54) is 61.1 Å². The van der Waals surface area contributed by atoms with Gasteiger partial charge in [-0.3, -0.25) is 0 Å². The van der Waals surface area contributed by atoms with Crippen molar-refractivity contribution in [2.75, 3.05) is 0 Å². The molecule has 0 unspecified atom stereocenters. The van der Waals surface area contributed by atoms with Gasteiger partial charge in [-0.1, -0.05) is 159 Å². The van der Waals surface area contributed by atoms with Crippen LogP contribution in [0, 0.1) is 0 Å². The summed E-state index contributed by atoms with van der Waals surface area (Å²) in [5.74, 6) is 4.75. The summed E-state index contributed by atoms with van der Waals surface area (Å²) in [6.45, 7) is 4.75. The molecule has 5 aromatic rings. The van der Waals surface area contributed by atoms with Gasteiger partial charge < -0.3 is 9.44 Å². The average molecular weight is 618 g/mol. The highest BCUT2D eigenvalue weighted by molar-refractivity contribution is 8.46. The molecule has 4 aliphatic rings. The second kappa shape index (κ2) is 11.2. The molecule has 3 heterocycles. The smallest absolute Gasteiger partial charge is 0.386 e. The number of rotatable bonds is 4. The molecule has 0 aromatic heterocycles. The van der Waals surface area contributed by atoms with E-state index in [9.17, 15) is 0 Å². The molecule has 47 heavy (non-hydrogen) atoms. The Morgan fingerprint density at radius 1 is 0.511 bits per heavy atom. The summed E-state index contributed by atoms with van der Waals surface area (Å²) < 4.78 is 5.10. The van der Waals surface area contributed by atoms with Crippen LogP contribution < -0.4 is 5.46 Å². The van der Waals surface area contributed by atoms with E-state index in [4.69, 9.17) is 0 Å². The molecular weight excluding hydrogens is 585 g/mol. The molecule has 9 rings (SSSR count). The predicted molar refractivity (Wildman–Crippen MR) is 205 cm³/mol. The summed E-state index contributed by atoms with van der Waals surface area (Å²) in [4.78, 5) is 0. The zero-order valence-corrected chi connectivity index (χ0v) is 27.4. The maximum absolute atomic E-state index is 2.55. The minimum atomic E-state index is -0.0131. The Labute approximate surface area is 283 Å². The summed E-state index contributed by atoms with van der Waals surface area (Å²) >= 11 is 1.99. The van der Waals surface area contributed by atoms with Gasteiger partial charge in [0.05, 0.1) is 0 Å². The second-order valence-corrected chi connectivity index (χ2v) is 14.6. The number of benzene rings is 5. The first kappa shape index (κ1) is 28.4. The Balaban J connectivity index is 1.11. The van der Waals surface area contributed by atoms with E-state index in [2.05, 4.69) is 187 Å². The fourth-order valence-electron chi connectivity index (χ4n) is 7.75. The highest BCUT2D eigenvalue weighted by Gasteiger charge is 2.47. The molecule has 0 spiro atoms. The van der Waals surface area contributed by atoms with Crippen molar-refractivity contribution in [1.29, 1.82) is 0 Å². The van der Waals surface area contributed by atoms with Gasteiger partial charge in [0.15, 0.2) is 0 Å². The molecule has 0 amide bonds. The Kier molecular flexibility index (Phi) is 6.76. The molecule has 5 aromatic carbocycles. The average Bonchev–Trinajstić information content (AvgIpc) is 3.36. The van der Waals surface area contributed by atoms with Crippen LogP contribution >= 0.6 is 11.5 Å². The topological polar surface area (TPSA) is 6.48 Å². The van der Waals surface area contributed by atoms with Crippen molar-refractivity contribution < 1.29 is 0 Å². The van der Waals surface area contributed by atoms with Crippen molar-refractivity contribution >= 4 is 47.3 Å². The maximum Gasteiger partial charge on any atom is 0.386 e. The molecule has 1 fully saturated rings. The van der Waals surface area contributed by atoms with Crippen LogP contribution in [0.2, 0.25) is 0 Å². The third kappa shape index (κ3) is 4.77. The highest BCUT2D eigenvalue weighted by atomic mass is 32.2. The van der Waals surface area contributed by atoms with Crippen molar-refractivity contribution in [3.8, 4) is 22.3 Å². The lowest BCUT2D eigenvalue weighted by atomic mass is 9.52. The maximum atomic E-state index is 2.55. The van der Waals surface area contributed by atoms with Crippen molar-refractivity contribution in [1.82, 2.24) is 9.44 Å². The van der Waals surface area contributed by atoms with Crippen molar-refractivity contribution in [2.45, 2.75) is 19.3 Å². The normalized spacial score (nSPS) is 17.1. The number of allylic oxidation sites excluding steroid dienone is 4. The van der Waals surface area contributed by atoms with Crippen LogP contribution in [0.1, 0.15) is 36.1 Å². The third-order valence-electron chi connectivity index (χ3n) is 10.2. The Morgan fingerprint density at radius 2 is 1.04 bits per heavy atom. The molecule has 0 atom stereocenters. The summed E-state index contributed by atoms with van der Waals surface area (Å²) in [5, 5.41) is 0. The summed E-state index contributed by atoms with van der Waals surface area (Å²) in [6.07, 6.45) is 9.82. The van der Waals surface area contributed by atoms with Crippen LogP contribution in [0.25, 0.3) is 33.4 Å². The van der Waals surface area contributed by atoms with E-state index >= 15 is 0 Å². The summed E-state index contributed by atoms with van der Waals surface area (Å²) in [7, 11) is 0. The van der Waals surface area contributed by atoms with Gasteiger partial charge in [-0.25, -0.2) is 0 Å². The van der Waals surface area contributed by atoms with Crippen molar-refractivity contribution in [2.24, 2.45) is 0 Å². The SMILES string of the molecule is CC1(C)c2ccccc2-c2ccc(-c3ccc(B4N5C=C(c6ccccc6)C=CB5SB5C=CC(c6ccccc6)=CN54)cc3)cc21. The molecular formula is C41H33B3N2S. The van der Waals surface area contributed by atoms with Crippen LogP contribution in [0.15, 0.2) is 164 Å². The third-order valence-corrected chi connectivity index (χ3v) is 11.6. The Bertz CT molecular complexity index is 2040. The minimum absolute atomic E-state index is 0.0131. The van der Waals surface area contributed by atoms with E-state index in [1.54, 1.807) is 0 Å². The molecule has 0 radical (unpaired) electrons. The monoisotopic (exact) mass is 618 g/mol. The van der Waals surface area contributed by atoms with Crippen molar-refractivity contribution in [3.05, 3.63) is 186 Å². The molecule has 6 heteroatoms. The molecule has 1 aliphatic carbocycles. The molecule has 0 saturated carbocycles. The van der Waals surface area contributed by atoms with Crippen LogP contribution in [-0.2, 0) is 5.41 Å². The largest absolute Gasteiger partial charge is 0.432 e. The van der Waals surface area contributed by atoms with Crippen LogP contribution in [0.5, 0.6) is 0 Å². The number of hydrogen-bond acceptors (Lipinski definition) is 3. The first-order valence-corrected chi connectivity index (χ1v) is 17.4. The van der Waals surface area contributed by atoms with Gasteiger partial charge in [-0.2, -0.15) is 11.5 Å². The van der Waals surface area contributed by atoms with Crippen LogP contribution in [0.4, 0.5) is 0 Å². The number of fused-ring (bicyclic) bond motifs is 5. The first-order valence-electron chi connectivity index (χ1n) is 16.5. The Morgan fingerprint density at radius 3 is 1.66 bits per heavy atom. The standard InChI is InChI=1S/C41H33B3N2S/c1-41(2)39-16-10-9-15-37(39)38-22-19-33(27-40(38)41)32-17-20-36(21-18-32)44-45-28-34(30-11-5-3-6-12-30)23-25-42(45)47-43-26-24-35(29-46(43)44)31-13-7-4-8-14-31/h3-29H,1-2H3. The van der Waals surface area contributed by atoms with E-state index in [0.717, 1.165) is 0 Å². The van der Waals surface area contributed by atoms with E-state index < -0.39 is 0 Å². The van der Waals surface area contributed by atoms with Gasteiger partial charge in [0, 0.05) is 5.41 Å². The van der Waals surface area contributed by atoms with Gasteiger partial charge in [0.1, 0.15) is 0 Å². The van der Waals surface area contributed by atoms with Crippen LogP contribution in [-0.4, -0.2) is 28.7 Å². The zero-order chi connectivity index (χ0) is 31.5. The predicted octanol–water partition coefficient (Wildman–Crippen LogP) is 8.98. The Hall–Kier alpha value is -4.80. The van der Waals surface area contributed by atoms with E-state index in [1.807, 2.05) is 11.5 Å². The highest BCUT2D eigenvalue weighted by Crippen LogP contribution is 2.49. The molecule has 3 aliphatic heterocycles. The zero-order valence-electron chi connectivity index (χ0n) is 26.6. The quantitative estimate of drug-likeness (QED) is 0.186.